The molecule has 22 heteroatoms. The van der Waals surface area contributed by atoms with Crippen molar-refractivity contribution in [3.63, 3.8) is 0 Å². The second-order valence-electron chi connectivity index (χ2n) is 18.2. The van der Waals surface area contributed by atoms with Gasteiger partial charge in [-0.05, 0) is 55.7 Å². The van der Waals surface area contributed by atoms with Crippen molar-refractivity contribution in [3.8, 4) is 0 Å². The Morgan fingerprint density at radius 2 is 1.34 bits per heavy atom. The first-order valence-corrected chi connectivity index (χ1v) is 23.1. The second-order valence-corrected chi connectivity index (χ2v) is 18.2. The molecule has 70 heavy (non-hydrogen) atoms. The third kappa shape index (κ3) is 16.3. The van der Waals surface area contributed by atoms with Crippen LogP contribution >= 0.6 is 0 Å². The van der Waals surface area contributed by atoms with Crippen LogP contribution in [-0.4, -0.2) is 116 Å². The Morgan fingerprint density at radius 1 is 0.700 bits per heavy atom. The van der Waals surface area contributed by atoms with Crippen LogP contribution in [0.15, 0.2) is 73.3 Å². The molecular formula is C48H67N13O9. The molecule has 0 aliphatic carbocycles. The largest absolute Gasteiger partial charge is 0.370 e. The van der Waals surface area contributed by atoms with Crippen molar-refractivity contribution >= 4 is 64.1 Å². The molecule has 0 aliphatic heterocycles. The summed E-state index contributed by atoms with van der Waals surface area (Å²) < 4.78 is 0. The van der Waals surface area contributed by atoms with E-state index in [4.69, 9.17) is 17.2 Å². The first-order chi connectivity index (χ1) is 33.1. The Balaban J connectivity index is 1.47. The summed E-state index contributed by atoms with van der Waals surface area (Å²) in [6, 6.07) is 9.08. The fourth-order valence-electron chi connectivity index (χ4n) is 7.44. The van der Waals surface area contributed by atoms with E-state index in [1.807, 2.05) is 31.2 Å². The van der Waals surface area contributed by atoms with Gasteiger partial charge in [-0.25, -0.2) is 4.98 Å². The highest BCUT2D eigenvalue weighted by Gasteiger charge is 2.38. The van der Waals surface area contributed by atoms with Crippen LogP contribution in [0.4, 0.5) is 0 Å². The van der Waals surface area contributed by atoms with Crippen LogP contribution in [0.25, 0.3) is 10.9 Å². The zero-order valence-corrected chi connectivity index (χ0v) is 40.4. The van der Waals surface area contributed by atoms with Gasteiger partial charge in [0, 0.05) is 48.3 Å². The van der Waals surface area contributed by atoms with Crippen LogP contribution in [0.2, 0.25) is 0 Å². The van der Waals surface area contributed by atoms with Gasteiger partial charge < -0.3 is 64.4 Å². The monoisotopic (exact) mass is 970 g/mol. The summed E-state index contributed by atoms with van der Waals surface area (Å²) in [7, 11) is 0. The molecule has 22 nitrogen and oxygen atoms in total. The Bertz CT molecular complexity index is 2460. The lowest BCUT2D eigenvalue weighted by Gasteiger charge is -2.31. The van der Waals surface area contributed by atoms with Gasteiger partial charge in [0.05, 0.1) is 18.9 Å². The highest BCUT2D eigenvalue weighted by atomic mass is 16.2. The molecule has 4 aromatic rings. The average Bonchev–Trinajstić information content (AvgIpc) is 3.99. The van der Waals surface area contributed by atoms with Crippen molar-refractivity contribution in [1.82, 2.24) is 52.2 Å². The molecule has 7 atom stereocenters. The number of aromatic nitrogens is 3. The minimum atomic E-state index is -1.72. The first-order valence-electron chi connectivity index (χ1n) is 23.1. The molecule has 0 radical (unpaired) electrons. The standard InChI is InChI=1S/C48H67N13O9/c1-7-27(4)40(41(51)64)59-44(67)36(21-30-23-52-25-55-30)56-38(63)24-54-46(69)39(26(2)3)60-47(70)48(5,6)61-45(68)35(20-29-22-53-33-16-12-11-15-31(29)33)58-43(66)34(17-18-37(50)62)57-42(65)32(49)19-28-13-9-8-10-14-28/h8-16,22-23,25-27,32,34-36,39-40,53H,7,17-21,24,49H2,1-6H3,(H2,50,62)(H2,51,64)(H,52,55)(H,54,69)(H,56,63)(H,57,65)(H,58,66)(H,59,67)(H,60,70)(H,61,68). The van der Waals surface area contributed by atoms with Crippen LogP contribution < -0.4 is 54.4 Å². The molecule has 0 aliphatic rings. The highest BCUT2D eigenvalue weighted by Crippen LogP contribution is 2.20. The average molecular weight is 970 g/mol. The van der Waals surface area contributed by atoms with E-state index in [2.05, 4.69) is 52.2 Å². The molecule has 4 rings (SSSR count). The van der Waals surface area contributed by atoms with E-state index in [-0.39, 0.29) is 38.0 Å². The fourth-order valence-corrected chi connectivity index (χ4v) is 7.44. The van der Waals surface area contributed by atoms with Crippen molar-refractivity contribution in [2.45, 2.75) is 122 Å². The van der Waals surface area contributed by atoms with E-state index in [1.54, 1.807) is 57.3 Å². The van der Waals surface area contributed by atoms with Crippen LogP contribution in [0.5, 0.6) is 0 Å². The summed E-state index contributed by atoms with van der Waals surface area (Å²) in [5, 5.41) is 19.1. The van der Waals surface area contributed by atoms with E-state index >= 15 is 0 Å². The third-order valence-corrected chi connectivity index (χ3v) is 11.8. The Hall–Kier alpha value is -7.62. The Morgan fingerprint density at radius 3 is 1.97 bits per heavy atom. The molecule has 2 aromatic carbocycles. The van der Waals surface area contributed by atoms with Gasteiger partial charge in [-0.15, -0.1) is 0 Å². The maximum atomic E-state index is 14.3. The number of fused-ring (bicyclic) bond motifs is 1. The molecule has 0 spiro atoms. The lowest BCUT2D eigenvalue weighted by Crippen LogP contribution is -2.63. The van der Waals surface area contributed by atoms with E-state index < -0.39 is 107 Å². The molecule has 0 saturated heterocycles. The van der Waals surface area contributed by atoms with Gasteiger partial charge in [0.25, 0.3) is 0 Å². The van der Waals surface area contributed by atoms with Crippen LogP contribution in [-0.2, 0) is 62.4 Å². The highest BCUT2D eigenvalue weighted by molar-refractivity contribution is 5.99. The van der Waals surface area contributed by atoms with Crippen molar-refractivity contribution in [2.75, 3.05) is 6.54 Å². The van der Waals surface area contributed by atoms with E-state index in [0.717, 1.165) is 16.5 Å². The smallest absolute Gasteiger partial charge is 0.245 e. The second kappa shape index (κ2) is 25.7. The van der Waals surface area contributed by atoms with E-state index in [1.165, 1.54) is 26.4 Å². The number of carbonyl (C=O) groups is 9. The first kappa shape index (κ1) is 55.0. The molecule has 2 aromatic heterocycles. The number of para-hydroxylation sites is 1. The maximum absolute atomic E-state index is 14.3. The number of aromatic amines is 2. The lowest BCUT2D eigenvalue weighted by molar-refractivity contribution is -0.137. The molecule has 378 valence electrons. The number of nitrogens with two attached hydrogens (primary N) is 3. The normalized spacial score (nSPS) is 14.4. The molecule has 0 fully saturated rings. The van der Waals surface area contributed by atoms with Crippen molar-refractivity contribution in [2.24, 2.45) is 29.0 Å². The quantitative estimate of drug-likeness (QED) is 0.0349. The predicted octanol–water partition coefficient (Wildman–Crippen LogP) is -0.866. The zero-order chi connectivity index (χ0) is 51.7. The molecule has 0 bridgehead atoms. The summed E-state index contributed by atoms with van der Waals surface area (Å²) in [6.45, 7) is 9.07. The number of hydrogen-bond donors (Lipinski definition) is 12. The number of carbonyl (C=O) groups excluding carboxylic acids is 9. The Labute approximate surface area is 406 Å². The third-order valence-electron chi connectivity index (χ3n) is 11.8. The van der Waals surface area contributed by atoms with Crippen LogP contribution in [0.1, 0.15) is 77.6 Å². The molecule has 2 heterocycles. The zero-order valence-electron chi connectivity index (χ0n) is 40.4. The van der Waals surface area contributed by atoms with E-state index in [9.17, 15) is 43.2 Å². The lowest BCUT2D eigenvalue weighted by atomic mass is 9.97. The number of nitrogens with zero attached hydrogens (tertiary/aromatic N) is 1. The minimum Gasteiger partial charge on any atom is -0.370 e. The van der Waals surface area contributed by atoms with Gasteiger partial charge >= 0.3 is 0 Å². The molecule has 9 amide bonds. The summed E-state index contributed by atoms with van der Waals surface area (Å²) in [5.41, 5.74) is 18.1. The molecule has 0 saturated carbocycles. The summed E-state index contributed by atoms with van der Waals surface area (Å²) in [6.07, 6.45) is 4.61. The molecular weight excluding hydrogens is 903 g/mol. The summed E-state index contributed by atoms with van der Waals surface area (Å²) in [4.78, 5) is 130. The van der Waals surface area contributed by atoms with Crippen LogP contribution in [0.3, 0.4) is 0 Å². The summed E-state index contributed by atoms with van der Waals surface area (Å²) in [5.74, 6) is -7.60. The van der Waals surface area contributed by atoms with Gasteiger partial charge in [-0.1, -0.05) is 82.6 Å². The van der Waals surface area contributed by atoms with Gasteiger partial charge in [-0.3, -0.25) is 43.2 Å². The predicted molar refractivity (Wildman–Crippen MR) is 259 cm³/mol. The van der Waals surface area contributed by atoms with Gasteiger partial charge in [0.1, 0.15) is 35.7 Å². The molecule has 7 unspecified atom stereocenters. The van der Waals surface area contributed by atoms with Gasteiger partial charge in [0.15, 0.2) is 0 Å². The number of amides is 9. The number of hydrogen-bond acceptors (Lipinski definition) is 11. The van der Waals surface area contributed by atoms with Crippen molar-refractivity contribution < 1.29 is 43.2 Å². The fraction of sp³-hybridized carbons (Fsp3) is 0.458. The van der Waals surface area contributed by atoms with Crippen molar-refractivity contribution in [1.29, 1.82) is 0 Å². The number of primary amides is 2. The Kier molecular flexibility index (Phi) is 20.2. The summed E-state index contributed by atoms with van der Waals surface area (Å²) >= 11 is 0. The number of nitrogens with one attached hydrogen (secondary N) is 9. The number of benzene rings is 2. The number of imidazole rings is 1. The number of H-pyrrole nitrogens is 2. The topological polar surface area (TPSA) is 360 Å². The van der Waals surface area contributed by atoms with Gasteiger partial charge in [-0.2, -0.15) is 0 Å². The minimum absolute atomic E-state index is 0.0361. The maximum Gasteiger partial charge on any atom is 0.245 e. The number of rotatable bonds is 27. The van der Waals surface area contributed by atoms with Gasteiger partial charge in [0.2, 0.25) is 53.2 Å². The van der Waals surface area contributed by atoms with Crippen LogP contribution in [0, 0.1) is 11.8 Å². The molecule has 15 N–H and O–H groups in total. The van der Waals surface area contributed by atoms with E-state index in [0.29, 0.717) is 17.7 Å². The van der Waals surface area contributed by atoms with Crippen molar-refractivity contribution in [3.05, 3.63) is 90.1 Å². The SMILES string of the molecule is CCC(C)C(NC(=O)C(Cc1cnc[nH]1)NC(=O)CNC(=O)C(NC(=O)C(C)(C)NC(=O)C(Cc1c[nH]c2ccccc12)NC(=O)C(CCC(N)=O)NC(=O)C(N)Cc1ccccc1)C(C)C)C(N)=O.